The Labute approximate surface area is 119 Å². The van der Waals surface area contributed by atoms with Crippen LogP contribution in [0.4, 0.5) is 0 Å². The maximum absolute atomic E-state index is 12.0. The molecular weight excluding hydrogens is 280 g/mol. The first kappa shape index (κ1) is 13.0. The molecule has 1 amide bonds. The Balaban J connectivity index is 1.52. The Bertz CT molecular complexity index is 578. The molecule has 0 unspecified atom stereocenters. The topological polar surface area (TPSA) is 105 Å². The van der Waals surface area contributed by atoms with E-state index in [1.165, 1.54) is 18.1 Å². The minimum Gasteiger partial charge on any atom is -0.338 e. The number of rotatable bonds is 6. The number of tetrazole rings is 1. The lowest BCUT2D eigenvalue weighted by atomic mass is 10.5. The molecule has 0 aliphatic heterocycles. The van der Waals surface area contributed by atoms with Crippen LogP contribution in [0.2, 0.25) is 0 Å². The van der Waals surface area contributed by atoms with Crippen LogP contribution in [0, 0.1) is 0 Å². The van der Waals surface area contributed by atoms with Crippen molar-refractivity contribution in [3.8, 4) is 0 Å². The summed E-state index contributed by atoms with van der Waals surface area (Å²) in [5.41, 5.74) is 0. The Morgan fingerprint density at radius 1 is 1.60 bits per heavy atom. The monoisotopic (exact) mass is 294 g/mol. The first-order valence-electron chi connectivity index (χ1n) is 6.23. The van der Waals surface area contributed by atoms with Gasteiger partial charge in [0.1, 0.15) is 12.2 Å². The van der Waals surface area contributed by atoms with Gasteiger partial charge in [0.25, 0.3) is 0 Å². The van der Waals surface area contributed by atoms with Crippen molar-refractivity contribution in [2.45, 2.75) is 30.6 Å². The van der Waals surface area contributed by atoms with Crippen molar-refractivity contribution in [1.82, 2.24) is 40.3 Å². The highest BCUT2D eigenvalue weighted by molar-refractivity contribution is 7.99. The number of thioether (sulfide) groups is 1. The molecule has 0 atom stereocenters. The highest BCUT2D eigenvalue weighted by atomic mass is 32.2. The first-order chi connectivity index (χ1) is 9.74. The van der Waals surface area contributed by atoms with E-state index in [0.29, 0.717) is 29.3 Å². The summed E-state index contributed by atoms with van der Waals surface area (Å²) in [4.78, 5) is 17.6. The minimum absolute atomic E-state index is 0.00301. The van der Waals surface area contributed by atoms with Crippen molar-refractivity contribution < 1.29 is 4.79 Å². The van der Waals surface area contributed by atoms with Gasteiger partial charge in [-0.25, -0.2) is 9.67 Å². The van der Waals surface area contributed by atoms with Gasteiger partial charge in [0.05, 0.1) is 18.3 Å². The second kappa shape index (κ2) is 5.57. The van der Waals surface area contributed by atoms with Gasteiger partial charge in [-0.05, 0) is 23.3 Å². The van der Waals surface area contributed by atoms with Gasteiger partial charge in [0, 0.05) is 7.05 Å². The van der Waals surface area contributed by atoms with Crippen LogP contribution in [0.15, 0.2) is 11.5 Å². The normalized spacial score (nSPS) is 14.4. The van der Waals surface area contributed by atoms with Gasteiger partial charge in [0.2, 0.25) is 11.1 Å². The molecule has 1 saturated carbocycles. The molecular formula is C10H14N8OS. The summed E-state index contributed by atoms with van der Waals surface area (Å²) in [6, 6.07) is 0.412. The fourth-order valence-electron chi connectivity index (χ4n) is 1.69. The number of hydrogen-bond acceptors (Lipinski definition) is 7. The average Bonchev–Trinajstić information content (AvgIpc) is 2.97. The maximum Gasteiger partial charge on any atom is 0.233 e. The number of hydrogen-bond donors (Lipinski definition) is 1. The third kappa shape index (κ3) is 2.95. The van der Waals surface area contributed by atoms with Crippen molar-refractivity contribution in [2.75, 3.05) is 12.8 Å². The number of aromatic amines is 1. The molecule has 1 aliphatic rings. The maximum atomic E-state index is 12.0. The number of amides is 1. The van der Waals surface area contributed by atoms with E-state index in [2.05, 4.69) is 30.7 Å². The Morgan fingerprint density at radius 2 is 2.45 bits per heavy atom. The van der Waals surface area contributed by atoms with Crippen LogP contribution in [0.1, 0.15) is 24.7 Å². The molecule has 1 N–H and O–H groups in total. The molecule has 0 spiro atoms. The first-order valence-corrected chi connectivity index (χ1v) is 7.21. The minimum atomic E-state index is -0.00301. The SMILES string of the molecule is CN(Cc1ncn[nH]1)C(=O)CSc1nnnn1C1CC1. The Kier molecular flexibility index (Phi) is 3.63. The molecule has 2 aromatic rings. The predicted molar refractivity (Wildman–Crippen MR) is 69.7 cm³/mol. The summed E-state index contributed by atoms with van der Waals surface area (Å²) < 4.78 is 1.80. The van der Waals surface area contributed by atoms with Crippen molar-refractivity contribution in [2.24, 2.45) is 0 Å². The quantitative estimate of drug-likeness (QED) is 0.740. The lowest BCUT2D eigenvalue weighted by Crippen LogP contribution is -2.28. The highest BCUT2D eigenvalue weighted by Gasteiger charge is 2.28. The predicted octanol–water partition coefficient (Wildman–Crippen LogP) is -0.123. The molecule has 9 nitrogen and oxygen atoms in total. The fraction of sp³-hybridized carbons (Fsp3) is 0.600. The third-order valence-electron chi connectivity index (χ3n) is 2.96. The molecule has 2 aromatic heterocycles. The van der Waals surface area contributed by atoms with E-state index >= 15 is 0 Å². The second-order valence-electron chi connectivity index (χ2n) is 4.61. The smallest absolute Gasteiger partial charge is 0.233 e. The van der Waals surface area contributed by atoms with Crippen LogP contribution in [-0.4, -0.2) is 59.0 Å². The van der Waals surface area contributed by atoms with Gasteiger partial charge in [-0.3, -0.25) is 9.89 Å². The zero-order valence-electron chi connectivity index (χ0n) is 10.9. The van der Waals surface area contributed by atoms with Crippen molar-refractivity contribution >= 4 is 17.7 Å². The van der Waals surface area contributed by atoms with E-state index < -0.39 is 0 Å². The van der Waals surface area contributed by atoms with Crippen LogP contribution in [0.3, 0.4) is 0 Å². The molecule has 20 heavy (non-hydrogen) atoms. The van der Waals surface area contributed by atoms with Crippen LogP contribution >= 0.6 is 11.8 Å². The Hall–Kier alpha value is -1.97. The van der Waals surface area contributed by atoms with Crippen LogP contribution in [-0.2, 0) is 11.3 Å². The molecule has 0 saturated heterocycles. The summed E-state index contributed by atoms with van der Waals surface area (Å²) in [5.74, 6) is 0.961. The zero-order chi connectivity index (χ0) is 13.9. The summed E-state index contributed by atoms with van der Waals surface area (Å²) in [7, 11) is 1.73. The highest BCUT2D eigenvalue weighted by Crippen LogP contribution is 2.36. The number of carbonyl (C=O) groups is 1. The van der Waals surface area contributed by atoms with Gasteiger partial charge in [-0.1, -0.05) is 11.8 Å². The summed E-state index contributed by atoms with van der Waals surface area (Å²) in [6.45, 7) is 0.410. The van der Waals surface area contributed by atoms with Gasteiger partial charge in [-0.15, -0.1) is 5.10 Å². The second-order valence-corrected chi connectivity index (χ2v) is 5.55. The molecule has 106 valence electrons. The summed E-state index contributed by atoms with van der Waals surface area (Å²) in [6.07, 6.45) is 3.64. The fourth-order valence-corrected chi connectivity index (χ4v) is 2.57. The summed E-state index contributed by atoms with van der Waals surface area (Å²) >= 11 is 1.36. The lowest BCUT2D eigenvalue weighted by Gasteiger charge is -2.14. The third-order valence-corrected chi connectivity index (χ3v) is 3.88. The lowest BCUT2D eigenvalue weighted by molar-refractivity contribution is -0.127. The number of nitrogens with zero attached hydrogens (tertiary/aromatic N) is 7. The molecule has 1 aliphatic carbocycles. The molecule has 2 heterocycles. The van der Waals surface area contributed by atoms with Gasteiger partial charge < -0.3 is 4.90 Å². The van der Waals surface area contributed by atoms with E-state index in [1.54, 1.807) is 16.6 Å². The average molecular weight is 294 g/mol. The number of carbonyl (C=O) groups excluding carboxylic acids is 1. The number of nitrogens with one attached hydrogen (secondary N) is 1. The Morgan fingerprint density at radius 3 is 3.15 bits per heavy atom. The standard InChI is InChI=1S/C10H14N8OS/c1-17(4-8-11-6-12-13-8)9(19)5-20-10-14-15-16-18(10)7-2-3-7/h6-7H,2-5H2,1H3,(H,11,12,13). The van der Waals surface area contributed by atoms with Gasteiger partial charge >= 0.3 is 0 Å². The number of H-pyrrole nitrogens is 1. The van der Waals surface area contributed by atoms with Crippen molar-refractivity contribution in [3.63, 3.8) is 0 Å². The van der Waals surface area contributed by atoms with Gasteiger partial charge in [-0.2, -0.15) is 5.10 Å². The van der Waals surface area contributed by atoms with Crippen LogP contribution in [0.5, 0.6) is 0 Å². The van der Waals surface area contributed by atoms with Crippen molar-refractivity contribution in [1.29, 1.82) is 0 Å². The number of aromatic nitrogens is 7. The zero-order valence-corrected chi connectivity index (χ0v) is 11.7. The molecule has 3 rings (SSSR count). The molecule has 0 bridgehead atoms. The molecule has 0 aromatic carbocycles. The van der Waals surface area contributed by atoms with Gasteiger partial charge in [0.15, 0.2) is 0 Å². The van der Waals surface area contributed by atoms with E-state index in [-0.39, 0.29) is 5.91 Å². The van der Waals surface area contributed by atoms with Crippen LogP contribution in [0.25, 0.3) is 0 Å². The largest absolute Gasteiger partial charge is 0.338 e. The van der Waals surface area contributed by atoms with Crippen LogP contribution < -0.4 is 0 Å². The van der Waals surface area contributed by atoms with E-state index in [9.17, 15) is 4.79 Å². The molecule has 0 radical (unpaired) electrons. The van der Waals surface area contributed by atoms with Crippen molar-refractivity contribution in [3.05, 3.63) is 12.2 Å². The molecule has 10 heteroatoms. The van der Waals surface area contributed by atoms with E-state index in [0.717, 1.165) is 12.8 Å². The molecule has 1 fully saturated rings. The van der Waals surface area contributed by atoms with E-state index in [4.69, 9.17) is 0 Å². The van der Waals surface area contributed by atoms with E-state index in [1.807, 2.05) is 0 Å². The summed E-state index contributed by atoms with van der Waals surface area (Å²) in [5, 5.41) is 18.7.